The molecule has 0 saturated carbocycles. The summed E-state index contributed by atoms with van der Waals surface area (Å²) in [4.78, 5) is 88.4. The maximum Gasteiger partial charge on any atom is 0.481 e. The molecule has 0 spiro atoms. The van der Waals surface area contributed by atoms with Gasteiger partial charge in [-0.1, -0.05) is 50.2 Å². The molecule has 1 aromatic heterocycles. The van der Waals surface area contributed by atoms with Gasteiger partial charge in [0.15, 0.2) is 0 Å². The van der Waals surface area contributed by atoms with Crippen molar-refractivity contribution in [3.05, 3.63) is 89.5 Å². The number of aromatic nitrogens is 2. The number of hydrogen-bond acceptors (Lipinski definition) is 11. The number of carbonyl (C=O) groups is 4. The van der Waals surface area contributed by atoms with E-state index in [2.05, 4.69) is 20.6 Å². The number of ether oxygens (including phenoxy) is 1. The minimum atomic E-state index is -5.04. The van der Waals surface area contributed by atoms with Crippen LogP contribution in [-0.4, -0.2) is 86.7 Å². The largest absolute Gasteiger partial charge is 0.481 e. The Kier molecular flexibility index (Phi) is 16.1. The normalized spacial score (nSPS) is 15.1. The predicted molar refractivity (Wildman–Crippen MR) is 201 cm³/mol. The third-order valence-electron chi connectivity index (χ3n) is 8.38. The quantitative estimate of drug-likeness (QED) is 0.0652. The summed E-state index contributed by atoms with van der Waals surface area (Å²) in [6.45, 7) is 4.02. The highest BCUT2D eigenvalue weighted by atomic mass is 31.2. The average Bonchev–Trinajstić information content (AvgIpc) is 3.37. The van der Waals surface area contributed by atoms with Crippen LogP contribution in [0.3, 0.4) is 0 Å². The standard InChI is InChI=1S/C34H45BN6O12P2/c1-22(2)16-29(39-31(43)27(17-23-8-5-4-6-9-23)38-32(44)28-19-36-13-14-37-28)35-52-20-24-11-12-26(18-25(24)21-53-35)41(3)34(45)51-15-7-10-30(42)40-33(54(46)47)55(48,49)50/h4-6,8-9,11-14,18-19,22,27,29,33,54H,7,10,15-17,20-21H2,1-3H3,(H,38,44)(H,39,43)(H,40,42)(H,46,47)(H2,48,49,50)/t27-,29-,33?/m0/s1. The summed E-state index contributed by atoms with van der Waals surface area (Å²) < 4.78 is 40.2. The molecule has 296 valence electrons. The summed E-state index contributed by atoms with van der Waals surface area (Å²) in [5.41, 5.74) is 0.711. The third kappa shape index (κ3) is 13.4. The molecule has 1 aliphatic heterocycles. The molecule has 4 amide bonds. The Balaban J connectivity index is 1.37. The van der Waals surface area contributed by atoms with Gasteiger partial charge in [0.05, 0.1) is 32.0 Å². The molecule has 21 heteroatoms. The smallest absolute Gasteiger partial charge is 0.449 e. The van der Waals surface area contributed by atoms with Crippen molar-refractivity contribution in [2.24, 2.45) is 5.92 Å². The molecule has 2 unspecified atom stereocenters. The van der Waals surface area contributed by atoms with Crippen LogP contribution in [0.2, 0.25) is 0 Å². The van der Waals surface area contributed by atoms with E-state index in [0.29, 0.717) is 12.1 Å². The maximum atomic E-state index is 13.9. The molecule has 0 fully saturated rings. The van der Waals surface area contributed by atoms with Crippen molar-refractivity contribution in [2.45, 2.75) is 70.3 Å². The first-order valence-corrected chi connectivity index (χ1v) is 20.5. The summed E-state index contributed by atoms with van der Waals surface area (Å²) in [6, 6.07) is 13.5. The second kappa shape index (κ2) is 20.4. The monoisotopic (exact) mass is 802 g/mol. The van der Waals surface area contributed by atoms with Gasteiger partial charge in [0.1, 0.15) is 11.7 Å². The lowest BCUT2D eigenvalue weighted by Crippen LogP contribution is -2.56. The zero-order valence-electron chi connectivity index (χ0n) is 30.5. The number of amides is 4. The first-order chi connectivity index (χ1) is 26.1. The minimum Gasteiger partial charge on any atom is -0.449 e. The van der Waals surface area contributed by atoms with E-state index in [-0.39, 0.29) is 50.7 Å². The fraction of sp³-hybridized carbons (Fsp3) is 0.412. The fourth-order valence-corrected chi connectivity index (χ4v) is 7.31. The van der Waals surface area contributed by atoms with Crippen molar-refractivity contribution in [1.82, 2.24) is 25.9 Å². The molecule has 4 atom stereocenters. The molecule has 1 aliphatic rings. The van der Waals surface area contributed by atoms with Gasteiger partial charge in [-0.25, -0.2) is 9.78 Å². The van der Waals surface area contributed by atoms with Crippen molar-refractivity contribution in [3.8, 4) is 0 Å². The highest BCUT2D eigenvalue weighted by Gasteiger charge is 2.37. The van der Waals surface area contributed by atoms with Gasteiger partial charge in [0, 0.05) is 38.0 Å². The predicted octanol–water partition coefficient (Wildman–Crippen LogP) is 2.52. The van der Waals surface area contributed by atoms with Crippen LogP contribution in [0.15, 0.2) is 67.1 Å². The molecule has 0 bridgehead atoms. The summed E-state index contributed by atoms with van der Waals surface area (Å²) in [5, 5.41) is 7.70. The highest BCUT2D eigenvalue weighted by Crippen LogP contribution is 2.49. The molecular formula is C34H45BN6O12P2. The van der Waals surface area contributed by atoms with E-state index < -0.39 is 64.1 Å². The molecular weight excluding hydrogens is 757 g/mol. The first-order valence-electron chi connectivity index (χ1n) is 17.4. The summed E-state index contributed by atoms with van der Waals surface area (Å²) in [7, 11) is -8.15. The van der Waals surface area contributed by atoms with E-state index >= 15 is 0 Å². The number of fused-ring (bicyclic) bond motifs is 1. The van der Waals surface area contributed by atoms with E-state index in [1.165, 1.54) is 30.5 Å². The van der Waals surface area contributed by atoms with Gasteiger partial charge < -0.3 is 44.7 Å². The number of carbonyl (C=O) groups excluding carboxylic acids is 4. The summed E-state index contributed by atoms with van der Waals surface area (Å²) >= 11 is 0. The van der Waals surface area contributed by atoms with Crippen LogP contribution < -0.4 is 20.9 Å². The van der Waals surface area contributed by atoms with Crippen LogP contribution in [0.1, 0.15) is 60.3 Å². The second-order valence-corrected chi connectivity index (χ2v) is 16.6. The second-order valence-electron chi connectivity index (χ2n) is 13.2. The van der Waals surface area contributed by atoms with Crippen LogP contribution in [0.4, 0.5) is 10.5 Å². The van der Waals surface area contributed by atoms with Gasteiger partial charge in [-0.05, 0) is 47.6 Å². The van der Waals surface area contributed by atoms with Gasteiger partial charge in [-0.2, -0.15) is 0 Å². The number of benzene rings is 2. The van der Waals surface area contributed by atoms with E-state index in [1.54, 1.807) is 18.2 Å². The Morgan fingerprint density at radius 2 is 1.73 bits per heavy atom. The Morgan fingerprint density at radius 3 is 2.36 bits per heavy atom. The average molecular weight is 803 g/mol. The van der Waals surface area contributed by atoms with Crippen molar-refractivity contribution in [3.63, 3.8) is 0 Å². The van der Waals surface area contributed by atoms with Crippen molar-refractivity contribution in [1.29, 1.82) is 0 Å². The first kappa shape index (κ1) is 43.3. The van der Waals surface area contributed by atoms with Crippen molar-refractivity contribution >= 4 is 52.2 Å². The van der Waals surface area contributed by atoms with Crippen LogP contribution in [0.5, 0.6) is 0 Å². The van der Waals surface area contributed by atoms with Crippen molar-refractivity contribution < 1.29 is 57.0 Å². The highest BCUT2D eigenvalue weighted by molar-refractivity contribution is 7.65. The molecule has 4 rings (SSSR count). The Hall–Kier alpha value is -4.48. The lowest BCUT2D eigenvalue weighted by Gasteiger charge is -2.27. The number of anilines is 1. The number of hydrogen-bond donors (Lipinski definition) is 6. The SMILES string of the molecule is CC(C)C[C@H](NC(=O)[C@H](Cc1ccccc1)NC(=O)c1cnccn1)B1OCc2ccc(N(C)C(=O)OCCCC(=O)NC([PH](=O)O)P(=O)(O)O)cc2CO1. The van der Waals surface area contributed by atoms with Gasteiger partial charge in [-0.3, -0.25) is 33.4 Å². The fourth-order valence-electron chi connectivity index (χ4n) is 5.57. The molecule has 6 N–H and O–H groups in total. The molecule has 2 aromatic carbocycles. The van der Waals surface area contributed by atoms with Gasteiger partial charge in [0.2, 0.25) is 25.4 Å². The summed E-state index contributed by atoms with van der Waals surface area (Å²) in [5.74, 6) is -2.33. The van der Waals surface area contributed by atoms with Gasteiger partial charge in [0.25, 0.3) is 5.91 Å². The number of nitrogens with zero attached hydrogens (tertiary/aromatic N) is 3. The van der Waals surface area contributed by atoms with E-state index in [0.717, 1.165) is 16.7 Å². The lowest BCUT2D eigenvalue weighted by atomic mass is 9.73. The molecule has 3 aromatic rings. The van der Waals surface area contributed by atoms with Crippen LogP contribution in [0.25, 0.3) is 0 Å². The molecule has 0 aliphatic carbocycles. The maximum absolute atomic E-state index is 13.9. The van der Waals surface area contributed by atoms with Crippen LogP contribution >= 0.6 is 15.6 Å². The van der Waals surface area contributed by atoms with Gasteiger partial charge in [-0.15, -0.1) is 0 Å². The summed E-state index contributed by atoms with van der Waals surface area (Å²) in [6.07, 6.45) is 3.79. The van der Waals surface area contributed by atoms with E-state index in [1.807, 2.05) is 49.5 Å². The number of rotatable bonds is 17. The third-order valence-corrected chi connectivity index (χ3v) is 11.5. The Morgan fingerprint density at radius 1 is 1.02 bits per heavy atom. The topological polar surface area (TPSA) is 256 Å². The van der Waals surface area contributed by atoms with Crippen molar-refractivity contribution in [2.75, 3.05) is 18.6 Å². The van der Waals surface area contributed by atoms with Gasteiger partial charge >= 0.3 is 20.8 Å². The van der Waals surface area contributed by atoms with Crippen LogP contribution in [-0.2, 0) is 52.4 Å². The minimum absolute atomic E-state index is 0.0163. The molecule has 18 nitrogen and oxygen atoms in total. The molecule has 0 radical (unpaired) electrons. The zero-order chi connectivity index (χ0) is 40.1. The Labute approximate surface area is 318 Å². The van der Waals surface area contributed by atoms with E-state index in [4.69, 9.17) is 28.7 Å². The number of nitrogens with one attached hydrogen (secondary N) is 3. The lowest BCUT2D eigenvalue weighted by molar-refractivity contribution is -0.123. The Bertz CT molecular complexity index is 1860. The molecule has 0 saturated heterocycles. The van der Waals surface area contributed by atoms with Crippen LogP contribution in [0, 0.1) is 5.92 Å². The molecule has 2 heterocycles. The zero-order valence-corrected chi connectivity index (χ0v) is 32.4. The van der Waals surface area contributed by atoms with E-state index in [9.17, 15) is 28.3 Å². The molecule has 55 heavy (non-hydrogen) atoms.